The van der Waals surface area contributed by atoms with Gasteiger partial charge in [-0.25, -0.2) is 0 Å². The predicted molar refractivity (Wildman–Crippen MR) is 53.6 cm³/mol. The van der Waals surface area contributed by atoms with Crippen molar-refractivity contribution < 1.29 is 5.11 Å². The van der Waals surface area contributed by atoms with E-state index in [2.05, 4.69) is 5.43 Å². The monoisotopic (exact) mass is 200 g/mol. The minimum absolute atomic E-state index is 0.151. The van der Waals surface area contributed by atoms with Gasteiger partial charge in [0.15, 0.2) is 0 Å². The quantitative estimate of drug-likeness (QED) is 0.728. The van der Waals surface area contributed by atoms with E-state index < -0.39 is 0 Å². The molecular weight excluding hydrogens is 188 g/mol. The molecule has 0 amide bonds. The smallest absolute Gasteiger partial charge is 0.138 e. The first kappa shape index (κ1) is 10.3. The zero-order valence-electron chi connectivity index (χ0n) is 7.71. The number of nitrogens with one attached hydrogen (secondary N) is 1. The number of hydrazine groups is 1. The lowest BCUT2D eigenvalue weighted by Crippen LogP contribution is -2.29. The van der Waals surface area contributed by atoms with E-state index in [1.807, 2.05) is 31.2 Å². The van der Waals surface area contributed by atoms with Crippen molar-refractivity contribution >= 4 is 11.6 Å². The zero-order chi connectivity index (χ0) is 9.84. The van der Waals surface area contributed by atoms with Gasteiger partial charge in [-0.1, -0.05) is 23.7 Å². The van der Waals surface area contributed by atoms with E-state index in [-0.39, 0.29) is 5.75 Å². The lowest BCUT2D eigenvalue weighted by molar-refractivity contribution is 0.283. The first-order valence-electron chi connectivity index (χ1n) is 3.98. The van der Waals surface area contributed by atoms with E-state index in [0.29, 0.717) is 11.6 Å². The second-order valence-corrected chi connectivity index (χ2v) is 3.38. The number of benzene rings is 1. The molecule has 0 aliphatic heterocycles. The van der Waals surface area contributed by atoms with Gasteiger partial charge >= 0.3 is 0 Å². The van der Waals surface area contributed by atoms with Crippen LogP contribution in [0.1, 0.15) is 5.56 Å². The molecule has 1 rings (SSSR count). The summed E-state index contributed by atoms with van der Waals surface area (Å²) in [6.45, 7) is 0.569. The van der Waals surface area contributed by atoms with Crippen LogP contribution >= 0.6 is 11.6 Å². The van der Waals surface area contributed by atoms with Crippen molar-refractivity contribution in [3.05, 3.63) is 28.8 Å². The number of halogens is 1. The summed E-state index contributed by atoms with van der Waals surface area (Å²) in [5.74, 6) is 0.151. The van der Waals surface area contributed by atoms with Gasteiger partial charge in [0.1, 0.15) is 5.75 Å². The van der Waals surface area contributed by atoms with Crippen molar-refractivity contribution in [2.24, 2.45) is 0 Å². The Labute approximate surface area is 82.9 Å². The fourth-order valence-electron chi connectivity index (χ4n) is 0.946. The fourth-order valence-corrected chi connectivity index (χ4v) is 1.14. The molecule has 0 radical (unpaired) electrons. The molecule has 0 saturated carbocycles. The molecular formula is C9H13ClN2O. The van der Waals surface area contributed by atoms with Gasteiger partial charge in [-0.05, 0) is 6.07 Å². The number of aromatic hydroxyl groups is 1. The highest BCUT2D eigenvalue weighted by molar-refractivity contribution is 6.32. The number of hydrogen-bond acceptors (Lipinski definition) is 3. The summed E-state index contributed by atoms with van der Waals surface area (Å²) < 4.78 is 0. The van der Waals surface area contributed by atoms with Gasteiger partial charge in [0.2, 0.25) is 0 Å². The molecule has 4 heteroatoms. The van der Waals surface area contributed by atoms with E-state index >= 15 is 0 Å². The van der Waals surface area contributed by atoms with Crippen LogP contribution in [0.4, 0.5) is 0 Å². The summed E-state index contributed by atoms with van der Waals surface area (Å²) in [5.41, 5.74) is 3.84. The SMILES string of the molecule is CN(C)NCc1cccc(Cl)c1O. The molecule has 0 atom stereocenters. The maximum absolute atomic E-state index is 9.52. The van der Waals surface area contributed by atoms with Gasteiger partial charge in [0, 0.05) is 26.2 Å². The van der Waals surface area contributed by atoms with Crippen LogP contribution in [-0.2, 0) is 6.54 Å². The third kappa shape index (κ3) is 2.88. The average Bonchev–Trinajstić information content (AvgIpc) is 2.07. The molecule has 0 unspecified atom stereocenters. The van der Waals surface area contributed by atoms with Crippen LogP contribution in [0, 0.1) is 0 Å². The number of hydrogen-bond donors (Lipinski definition) is 2. The number of nitrogens with zero attached hydrogens (tertiary/aromatic N) is 1. The molecule has 0 heterocycles. The third-order valence-electron chi connectivity index (χ3n) is 1.66. The molecule has 13 heavy (non-hydrogen) atoms. The minimum Gasteiger partial charge on any atom is -0.506 e. The zero-order valence-corrected chi connectivity index (χ0v) is 8.47. The molecule has 1 aromatic rings. The second-order valence-electron chi connectivity index (χ2n) is 2.98. The van der Waals surface area contributed by atoms with Crippen molar-refractivity contribution in [2.45, 2.75) is 6.54 Å². The summed E-state index contributed by atoms with van der Waals surface area (Å²) in [7, 11) is 3.78. The number of para-hydroxylation sites is 1. The summed E-state index contributed by atoms with van der Waals surface area (Å²) in [4.78, 5) is 0. The molecule has 3 nitrogen and oxygen atoms in total. The van der Waals surface area contributed by atoms with E-state index in [0.717, 1.165) is 5.56 Å². The molecule has 0 aliphatic carbocycles. The first-order chi connectivity index (χ1) is 6.11. The lowest BCUT2D eigenvalue weighted by atomic mass is 10.2. The molecule has 0 aliphatic rings. The fraction of sp³-hybridized carbons (Fsp3) is 0.333. The van der Waals surface area contributed by atoms with Gasteiger partial charge in [-0.15, -0.1) is 0 Å². The Hall–Kier alpha value is -0.770. The molecule has 0 bridgehead atoms. The maximum Gasteiger partial charge on any atom is 0.138 e. The predicted octanol–water partition coefficient (Wildman–Crippen LogP) is 1.61. The van der Waals surface area contributed by atoms with Crippen LogP contribution in [0.15, 0.2) is 18.2 Å². The van der Waals surface area contributed by atoms with Crippen molar-refractivity contribution in [3.63, 3.8) is 0 Å². The average molecular weight is 201 g/mol. The van der Waals surface area contributed by atoms with Crippen molar-refractivity contribution in [3.8, 4) is 5.75 Å². The first-order valence-corrected chi connectivity index (χ1v) is 4.36. The second kappa shape index (κ2) is 4.46. The van der Waals surface area contributed by atoms with Crippen LogP contribution in [0.5, 0.6) is 5.75 Å². The molecule has 2 N–H and O–H groups in total. The van der Waals surface area contributed by atoms with E-state index in [9.17, 15) is 5.11 Å². The standard InChI is InChI=1S/C9H13ClN2O/c1-12(2)11-6-7-4-3-5-8(10)9(7)13/h3-5,11,13H,6H2,1-2H3. The minimum atomic E-state index is 0.151. The van der Waals surface area contributed by atoms with Crippen LogP contribution in [0.2, 0.25) is 5.02 Å². The Morgan fingerprint density at radius 2 is 2.15 bits per heavy atom. The van der Waals surface area contributed by atoms with Crippen LogP contribution in [0.25, 0.3) is 0 Å². The summed E-state index contributed by atoms with van der Waals surface area (Å²) in [5, 5.41) is 11.7. The molecule has 72 valence electrons. The van der Waals surface area contributed by atoms with Crippen LogP contribution in [-0.4, -0.2) is 24.2 Å². The highest BCUT2D eigenvalue weighted by Gasteiger charge is 2.04. The summed E-state index contributed by atoms with van der Waals surface area (Å²) in [6, 6.07) is 5.31. The lowest BCUT2D eigenvalue weighted by Gasteiger charge is -2.12. The Balaban J connectivity index is 2.71. The third-order valence-corrected chi connectivity index (χ3v) is 1.96. The highest BCUT2D eigenvalue weighted by Crippen LogP contribution is 2.26. The van der Waals surface area contributed by atoms with E-state index in [1.54, 1.807) is 6.07 Å². The summed E-state index contributed by atoms with van der Waals surface area (Å²) >= 11 is 5.74. The largest absolute Gasteiger partial charge is 0.506 e. The number of phenols is 1. The van der Waals surface area contributed by atoms with E-state index in [4.69, 9.17) is 11.6 Å². The van der Waals surface area contributed by atoms with Crippen molar-refractivity contribution in [1.29, 1.82) is 0 Å². The Kier molecular flexibility index (Phi) is 3.54. The molecule has 0 fully saturated rings. The van der Waals surface area contributed by atoms with Crippen LogP contribution in [0.3, 0.4) is 0 Å². The Bertz CT molecular complexity index is 289. The highest BCUT2D eigenvalue weighted by atomic mass is 35.5. The van der Waals surface area contributed by atoms with Gasteiger partial charge < -0.3 is 5.11 Å². The molecule has 0 saturated heterocycles. The van der Waals surface area contributed by atoms with Gasteiger partial charge in [-0.3, -0.25) is 10.4 Å². The van der Waals surface area contributed by atoms with Gasteiger partial charge in [0.25, 0.3) is 0 Å². The van der Waals surface area contributed by atoms with Gasteiger partial charge in [-0.2, -0.15) is 0 Å². The topological polar surface area (TPSA) is 35.5 Å². The molecule has 0 aromatic heterocycles. The Morgan fingerprint density at radius 3 is 2.77 bits per heavy atom. The van der Waals surface area contributed by atoms with Crippen molar-refractivity contribution in [1.82, 2.24) is 10.4 Å². The number of rotatable bonds is 3. The number of phenolic OH excluding ortho intramolecular Hbond substituents is 1. The van der Waals surface area contributed by atoms with Crippen LogP contribution < -0.4 is 5.43 Å². The summed E-state index contributed by atoms with van der Waals surface area (Å²) in [6.07, 6.45) is 0. The Morgan fingerprint density at radius 1 is 1.46 bits per heavy atom. The normalized spacial score (nSPS) is 10.8. The van der Waals surface area contributed by atoms with Gasteiger partial charge in [0.05, 0.1) is 5.02 Å². The molecule has 1 aromatic carbocycles. The van der Waals surface area contributed by atoms with E-state index in [1.165, 1.54) is 0 Å². The van der Waals surface area contributed by atoms with Crippen molar-refractivity contribution in [2.75, 3.05) is 14.1 Å². The maximum atomic E-state index is 9.52. The molecule has 0 spiro atoms.